The van der Waals surface area contributed by atoms with Gasteiger partial charge in [0.05, 0.1) is 29.0 Å². The summed E-state index contributed by atoms with van der Waals surface area (Å²) < 4.78 is 6.47. The number of fused-ring (bicyclic) bond motifs is 1. The Morgan fingerprint density at radius 1 is 1.23 bits per heavy atom. The van der Waals surface area contributed by atoms with Crippen LogP contribution in [0.1, 0.15) is 15.9 Å². The molecule has 5 rings (SSSR count). The summed E-state index contributed by atoms with van der Waals surface area (Å²) in [6.07, 6.45) is 4.04. The molecule has 4 heterocycles. The average Bonchev–Trinajstić information content (AvgIpc) is 3.32. The van der Waals surface area contributed by atoms with Crippen LogP contribution in [-0.2, 0) is 4.74 Å². The fraction of sp³-hybridized carbons (Fsp3) is 0.217. The van der Waals surface area contributed by atoms with E-state index in [0.29, 0.717) is 54.9 Å². The lowest BCUT2D eigenvalue weighted by Crippen LogP contribution is -2.36. The predicted molar refractivity (Wildman–Crippen MR) is 137 cm³/mol. The van der Waals surface area contributed by atoms with Crippen LogP contribution < -0.4 is 21.3 Å². The van der Waals surface area contributed by atoms with Crippen LogP contribution in [0.15, 0.2) is 36.7 Å². The van der Waals surface area contributed by atoms with Gasteiger partial charge < -0.3 is 31.4 Å². The Balaban J connectivity index is 1.63. The maximum atomic E-state index is 11.4. The smallest absolute Gasteiger partial charge is 0.251 e. The largest absolute Gasteiger partial charge is 0.398 e. The molecule has 1 aromatic carbocycles. The number of carbonyl (C=O) groups is 1. The lowest BCUT2D eigenvalue weighted by Gasteiger charge is -2.28. The SMILES string of the molecule is CN(c1ncc(C(N)=O)cn1)c1cc2nc(-c3cccc(N)c3C=N)nc(N3CCOCC3)c2s1. The van der Waals surface area contributed by atoms with E-state index in [4.69, 9.17) is 31.6 Å². The van der Waals surface area contributed by atoms with Crippen LogP contribution in [0.2, 0.25) is 0 Å². The monoisotopic (exact) mass is 489 g/mol. The van der Waals surface area contributed by atoms with Gasteiger partial charge in [-0.25, -0.2) is 19.9 Å². The molecular formula is C23H23N9O2S. The summed E-state index contributed by atoms with van der Waals surface area (Å²) in [6, 6.07) is 7.41. The van der Waals surface area contributed by atoms with Crippen molar-refractivity contribution in [2.24, 2.45) is 5.73 Å². The van der Waals surface area contributed by atoms with Crippen LogP contribution in [0, 0.1) is 5.41 Å². The number of benzene rings is 1. The number of nitrogen functional groups attached to an aromatic ring is 1. The van der Waals surface area contributed by atoms with E-state index in [1.807, 2.05) is 30.1 Å². The first kappa shape index (κ1) is 22.6. The van der Waals surface area contributed by atoms with E-state index >= 15 is 0 Å². The van der Waals surface area contributed by atoms with E-state index in [0.717, 1.165) is 21.0 Å². The number of aromatic nitrogens is 4. The molecule has 5 N–H and O–H groups in total. The molecule has 0 unspecified atom stereocenters. The van der Waals surface area contributed by atoms with Gasteiger partial charge >= 0.3 is 0 Å². The van der Waals surface area contributed by atoms with Crippen molar-refractivity contribution in [2.45, 2.75) is 0 Å². The molecule has 4 aromatic rings. The molecule has 178 valence electrons. The zero-order valence-electron chi connectivity index (χ0n) is 18.9. The van der Waals surface area contributed by atoms with E-state index in [1.54, 1.807) is 6.07 Å². The van der Waals surface area contributed by atoms with Crippen LogP contribution in [0.3, 0.4) is 0 Å². The van der Waals surface area contributed by atoms with Gasteiger partial charge in [-0.15, -0.1) is 11.3 Å². The average molecular weight is 490 g/mol. The third-order valence-electron chi connectivity index (χ3n) is 5.73. The Morgan fingerprint density at radius 3 is 2.66 bits per heavy atom. The molecule has 1 saturated heterocycles. The maximum Gasteiger partial charge on any atom is 0.251 e. The van der Waals surface area contributed by atoms with Crippen molar-refractivity contribution < 1.29 is 9.53 Å². The van der Waals surface area contributed by atoms with E-state index < -0.39 is 5.91 Å². The fourth-order valence-corrected chi connectivity index (χ4v) is 4.91. The molecule has 0 radical (unpaired) electrons. The number of amides is 1. The van der Waals surface area contributed by atoms with Gasteiger partial charge in [0.2, 0.25) is 5.95 Å². The summed E-state index contributed by atoms with van der Waals surface area (Å²) >= 11 is 1.53. The van der Waals surface area contributed by atoms with Crippen molar-refractivity contribution >= 4 is 56.1 Å². The van der Waals surface area contributed by atoms with E-state index in [1.165, 1.54) is 29.9 Å². The second-order valence-corrected chi connectivity index (χ2v) is 8.95. The first-order chi connectivity index (χ1) is 17.0. The second-order valence-electron chi connectivity index (χ2n) is 7.92. The molecule has 1 amide bonds. The number of primary amides is 1. The molecule has 0 aliphatic carbocycles. The van der Waals surface area contributed by atoms with E-state index in [2.05, 4.69) is 14.9 Å². The molecular weight excluding hydrogens is 466 g/mol. The van der Waals surface area contributed by atoms with Crippen LogP contribution >= 0.6 is 11.3 Å². The Morgan fingerprint density at radius 2 is 1.97 bits per heavy atom. The number of nitrogens with two attached hydrogens (primary N) is 2. The number of hydrogen-bond acceptors (Lipinski definition) is 11. The third kappa shape index (κ3) is 4.24. The number of anilines is 4. The van der Waals surface area contributed by atoms with Gasteiger partial charge in [0.15, 0.2) is 11.6 Å². The van der Waals surface area contributed by atoms with Crippen LogP contribution in [0.5, 0.6) is 0 Å². The van der Waals surface area contributed by atoms with E-state index in [9.17, 15) is 4.79 Å². The van der Waals surface area contributed by atoms with Gasteiger partial charge in [0.1, 0.15) is 5.00 Å². The first-order valence-electron chi connectivity index (χ1n) is 10.9. The first-order valence-corrected chi connectivity index (χ1v) is 11.7. The van der Waals surface area contributed by atoms with Crippen molar-refractivity contribution in [3.8, 4) is 11.4 Å². The van der Waals surface area contributed by atoms with Crippen molar-refractivity contribution in [1.29, 1.82) is 5.41 Å². The lowest BCUT2D eigenvalue weighted by atomic mass is 10.1. The third-order valence-corrected chi connectivity index (χ3v) is 6.93. The van der Waals surface area contributed by atoms with E-state index in [-0.39, 0.29) is 5.56 Å². The summed E-state index contributed by atoms with van der Waals surface area (Å²) in [5.41, 5.74) is 14.2. The van der Waals surface area contributed by atoms with Gasteiger partial charge in [-0.05, 0) is 12.1 Å². The number of thiophene rings is 1. The fourth-order valence-electron chi connectivity index (χ4n) is 3.84. The number of nitrogens with one attached hydrogen (secondary N) is 1. The van der Waals surface area contributed by atoms with Crippen LogP contribution in [0.4, 0.5) is 22.5 Å². The number of morpholine rings is 1. The van der Waals surface area contributed by atoms with Gasteiger partial charge in [-0.3, -0.25) is 4.79 Å². The number of nitrogens with zero attached hydrogens (tertiary/aromatic N) is 6. The molecule has 1 fully saturated rings. The van der Waals surface area contributed by atoms with Crippen LogP contribution in [-0.4, -0.2) is 65.4 Å². The molecule has 35 heavy (non-hydrogen) atoms. The summed E-state index contributed by atoms with van der Waals surface area (Å²) in [5, 5.41) is 8.70. The number of carbonyl (C=O) groups excluding carboxylic acids is 1. The minimum atomic E-state index is -0.579. The van der Waals surface area contributed by atoms with Crippen molar-refractivity contribution in [3.05, 3.63) is 47.8 Å². The normalized spacial score (nSPS) is 13.7. The number of rotatable bonds is 6. The maximum absolute atomic E-state index is 11.4. The minimum Gasteiger partial charge on any atom is -0.398 e. The summed E-state index contributed by atoms with van der Waals surface area (Å²) in [4.78, 5) is 33.7. The molecule has 0 atom stereocenters. The molecule has 11 nitrogen and oxygen atoms in total. The molecule has 0 spiro atoms. The highest BCUT2D eigenvalue weighted by Crippen LogP contribution is 2.40. The highest BCUT2D eigenvalue weighted by molar-refractivity contribution is 7.23. The van der Waals surface area contributed by atoms with Crippen molar-refractivity contribution in [2.75, 3.05) is 48.9 Å². The Kier molecular flexibility index (Phi) is 5.97. The van der Waals surface area contributed by atoms with Gasteiger partial charge in [0.25, 0.3) is 5.91 Å². The standard InChI is InChI=1S/C23H23N9O2S/c1-31(23-27-11-13(12-28-23)20(26)33)18-9-17-19(35-18)22(32-5-7-34-8-6-32)30-21(29-17)14-3-2-4-16(25)15(14)10-24/h2-4,9-12,24H,5-8,25H2,1H3,(H2,26,33). The molecule has 1 aliphatic rings. The molecule has 3 aromatic heterocycles. The van der Waals surface area contributed by atoms with Gasteiger partial charge in [-0.1, -0.05) is 12.1 Å². The summed E-state index contributed by atoms with van der Waals surface area (Å²) in [7, 11) is 1.85. The Labute approximate surface area is 204 Å². The number of hydrogen-bond donors (Lipinski definition) is 3. The highest BCUT2D eigenvalue weighted by atomic mass is 32.1. The van der Waals surface area contributed by atoms with Crippen molar-refractivity contribution in [1.82, 2.24) is 19.9 Å². The Bertz CT molecular complexity index is 1410. The quantitative estimate of drug-likeness (QED) is 0.273. The molecule has 1 aliphatic heterocycles. The number of ether oxygens (including phenoxy) is 1. The summed E-state index contributed by atoms with van der Waals surface area (Å²) in [6.45, 7) is 2.65. The minimum absolute atomic E-state index is 0.243. The van der Waals surface area contributed by atoms with Gasteiger partial charge in [-0.2, -0.15) is 0 Å². The zero-order chi connectivity index (χ0) is 24.5. The van der Waals surface area contributed by atoms with Gasteiger partial charge in [0, 0.05) is 55.6 Å². The summed E-state index contributed by atoms with van der Waals surface area (Å²) in [5.74, 6) is 1.15. The second kappa shape index (κ2) is 9.24. The lowest BCUT2D eigenvalue weighted by molar-refractivity contribution is 0.0999. The molecule has 0 bridgehead atoms. The topological polar surface area (TPSA) is 160 Å². The van der Waals surface area contributed by atoms with Crippen molar-refractivity contribution in [3.63, 3.8) is 0 Å². The zero-order valence-corrected chi connectivity index (χ0v) is 19.7. The molecule has 0 saturated carbocycles. The molecule has 12 heteroatoms. The highest BCUT2D eigenvalue weighted by Gasteiger charge is 2.22. The predicted octanol–water partition coefficient (Wildman–Crippen LogP) is 2.43. The Hall–Kier alpha value is -4.16. The van der Waals surface area contributed by atoms with Crippen LogP contribution in [0.25, 0.3) is 21.6 Å².